The first-order valence-corrected chi connectivity index (χ1v) is 15.5. The van der Waals surface area contributed by atoms with Crippen LogP contribution in [0.4, 0.5) is 14.5 Å². The number of phosphoric acid groups is 1. The van der Waals surface area contributed by atoms with Crippen molar-refractivity contribution < 1.29 is 41.2 Å². The molecule has 0 spiro atoms. The Bertz CT molecular complexity index is 1750. The predicted molar refractivity (Wildman–Crippen MR) is 166 cm³/mol. The maximum absolute atomic E-state index is 14.4. The van der Waals surface area contributed by atoms with Crippen molar-refractivity contribution in [1.29, 1.82) is 0 Å². The average Bonchev–Trinajstić information content (AvgIpc) is 3.28. The monoisotopic (exact) mass is 643 g/mol. The molecule has 1 N–H and O–H groups in total. The number of alkyl halides is 2. The van der Waals surface area contributed by atoms with Gasteiger partial charge in [-0.2, -0.15) is 0 Å². The standard InChI is InChI=1S/C32H36F2N3O7P/c1-8-32(33,34)24-13-10-14-25(18-24)35-30(38)29-22(4)36(19-44-45(40,42-6)43-7)31(37(29)39)23-15-16-27(41-5)26(17-23)28-20(2)11-9-12-21(28)3/h9-18H,8,19H2,1-7H3,(H,35,38). The van der Waals surface area contributed by atoms with Crippen LogP contribution in [0.2, 0.25) is 0 Å². The highest BCUT2D eigenvalue weighted by molar-refractivity contribution is 7.48. The normalized spacial score (nSPS) is 11.9. The Morgan fingerprint density at radius 1 is 1.00 bits per heavy atom. The fraction of sp³-hybridized carbons (Fsp3) is 0.312. The minimum atomic E-state index is -3.99. The lowest BCUT2D eigenvalue weighted by Gasteiger charge is -2.16. The molecule has 0 aliphatic rings. The number of nitrogens with one attached hydrogen (secondary N) is 1. The smallest absolute Gasteiger partial charge is 0.477 e. The molecule has 0 saturated heterocycles. The van der Waals surface area contributed by atoms with Crippen molar-refractivity contribution in [2.75, 3.05) is 26.6 Å². The van der Waals surface area contributed by atoms with Gasteiger partial charge in [0.1, 0.15) is 5.75 Å². The van der Waals surface area contributed by atoms with Crippen LogP contribution in [0.5, 0.6) is 5.75 Å². The molecule has 0 atom stereocenters. The molecule has 10 nitrogen and oxygen atoms in total. The highest BCUT2D eigenvalue weighted by atomic mass is 31.2. The van der Waals surface area contributed by atoms with Crippen LogP contribution in [0.3, 0.4) is 0 Å². The van der Waals surface area contributed by atoms with Crippen molar-refractivity contribution in [2.45, 2.75) is 46.8 Å². The molecule has 0 unspecified atom stereocenters. The number of hydrogen-bond donors (Lipinski definition) is 1. The number of amides is 1. The Morgan fingerprint density at radius 3 is 2.24 bits per heavy atom. The molecule has 0 radical (unpaired) electrons. The van der Waals surface area contributed by atoms with Gasteiger partial charge in [0.25, 0.3) is 17.7 Å². The molecular formula is C32H36F2N3O7P. The molecule has 1 heterocycles. The van der Waals surface area contributed by atoms with Crippen LogP contribution in [-0.2, 0) is 30.8 Å². The molecular weight excluding hydrogens is 607 g/mol. The maximum atomic E-state index is 14.4. The van der Waals surface area contributed by atoms with E-state index in [4.69, 9.17) is 18.3 Å². The van der Waals surface area contributed by atoms with Crippen molar-refractivity contribution in [1.82, 2.24) is 4.57 Å². The highest BCUT2D eigenvalue weighted by Crippen LogP contribution is 2.48. The first-order chi connectivity index (χ1) is 21.3. The number of halogens is 2. The van der Waals surface area contributed by atoms with E-state index in [1.54, 1.807) is 25.3 Å². The number of anilines is 1. The quantitative estimate of drug-likeness (QED) is 0.0965. The lowest BCUT2D eigenvalue weighted by Crippen LogP contribution is -2.37. The minimum Gasteiger partial charge on any atom is -0.710 e. The van der Waals surface area contributed by atoms with Gasteiger partial charge in [-0.1, -0.05) is 37.3 Å². The first-order valence-electron chi connectivity index (χ1n) is 14.0. The summed E-state index contributed by atoms with van der Waals surface area (Å²) in [7, 11) is -0.151. The van der Waals surface area contributed by atoms with Crippen LogP contribution in [0.25, 0.3) is 22.5 Å². The molecule has 0 aliphatic heterocycles. The Kier molecular flexibility index (Phi) is 10.1. The Hall–Kier alpha value is -4.09. The summed E-state index contributed by atoms with van der Waals surface area (Å²) in [4.78, 5) is 13.6. The molecule has 4 aromatic rings. The number of aromatic nitrogens is 2. The van der Waals surface area contributed by atoms with E-state index < -0.39 is 32.8 Å². The summed E-state index contributed by atoms with van der Waals surface area (Å²) < 4.78 is 64.2. The molecule has 1 amide bonds. The van der Waals surface area contributed by atoms with Gasteiger partial charge in [-0.25, -0.2) is 27.2 Å². The van der Waals surface area contributed by atoms with E-state index in [0.29, 0.717) is 21.6 Å². The SMILES string of the molecule is CCC(F)(F)c1cccc(NC(=O)c2c(C)n(COP(=O)(OC)OC)c(-c3ccc(OC)c(-c4c(C)cccc4C)c3)[n+]2[O-])c1. The van der Waals surface area contributed by atoms with Gasteiger partial charge in [0, 0.05) is 44.4 Å². The van der Waals surface area contributed by atoms with E-state index in [2.05, 4.69) is 5.32 Å². The predicted octanol–water partition coefficient (Wildman–Crippen LogP) is 7.52. The van der Waals surface area contributed by atoms with Crippen LogP contribution in [-0.4, -0.2) is 31.8 Å². The van der Waals surface area contributed by atoms with Crippen LogP contribution >= 0.6 is 7.82 Å². The zero-order chi connectivity index (χ0) is 33.1. The van der Waals surface area contributed by atoms with Gasteiger partial charge < -0.3 is 15.3 Å². The molecule has 45 heavy (non-hydrogen) atoms. The van der Waals surface area contributed by atoms with E-state index in [9.17, 15) is 23.3 Å². The third kappa shape index (κ3) is 6.79. The van der Waals surface area contributed by atoms with Gasteiger partial charge in [0.15, 0.2) is 5.69 Å². The van der Waals surface area contributed by atoms with Gasteiger partial charge in [-0.15, -0.1) is 0 Å². The summed E-state index contributed by atoms with van der Waals surface area (Å²) >= 11 is 0. The van der Waals surface area contributed by atoms with Crippen molar-refractivity contribution in [3.8, 4) is 28.3 Å². The summed E-state index contributed by atoms with van der Waals surface area (Å²) in [6.45, 7) is 6.31. The Morgan fingerprint density at radius 2 is 1.64 bits per heavy atom. The van der Waals surface area contributed by atoms with Crippen LogP contribution in [0, 0.1) is 26.0 Å². The summed E-state index contributed by atoms with van der Waals surface area (Å²) in [6.07, 6.45) is -0.422. The second kappa shape index (κ2) is 13.5. The maximum Gasteiger partial charge on any atom is 0.477 e. The molecule has 0 fully saturated rings. The number of carbonyl (C=O) groups is 1. The van der Waals surface area contributed by atoms with Gasteiger partial charge in [0.05, 0.1) is 12.7 Å². The average molecular weight is 644 g/mol. The number of hydrogen-bond acceptors (Lipinski definition) is 7. The Labute approximate surface area is 260 Å². The Balaban J connectivity index is 1.88. The number of imidazole rings is 1. The molecule has 0 bridgehead atoms. The van der Waals surface area contributed by atoms with E-state index in [1.165, 1.54) is 42.7 Å². The number of aryl methyl sites for hydroxylation is 2. The molecule has 3 aromatic carbocycles. The van der Waals surface area contributed by atoms with Crippen molar-refractivity contribution in [2.24, 2.45) is 0 Å². The molecule has 4 rings (SSSR count). The van der Waals surface area contributed by atoms with Crippen molar-refractivity contribution >= 4 is 19.4 Å². The first kappa shape index (κ1) is 33.8. The van der Waals surface area contributed by atoms with Crippen LogP contribution in [0.1, 0.15) is 46.2 Å². The summed E-state index contributed by atoms with van der Waals surface area (Å²) in [5.74, 6) is -3.40. The molecule has 1 aromatic heterocycles. The van der Waals surface area contributed by atoms with E-state index in [0.717, 1.165) is 30.9 Å². The lowest BCUT2D eigenvalue weighted by atomic mass is 9.93. The van der Waals surface area contributed by atoms with Crippen LogP contribution < -0.4 is 14.8 Å². The third-order valence-corrected chi connectivity index (χ3v) is 8.93. The summed E-state index contributed by atoms with van der Waals surface area (Å²) in [5.41, 5.74) is 3.60. The number of carbonyl (C=O) groups excluding carboxylic acids is 1. The minimum absolute atomic E-state index is 0.0159. The molecule has 0 aliphatic carbocycles. The van der Waals surface area contributed by atoms with E-state index in [-0.39, 0.29) is 28.5 Å². The second-order valence-corrected chi connectivity index (χ2v) is 12.2. The number of benzene rings is 3. The largest absolute Gasteiger partial charge is 0.710 e. The molecule has 0 saturated carbocycles. The topological polar surface area (TPSA) is 115 Å². The van der Waals surface area contributed by atoms with Crippen molar-refractivity contribution in [3.63, 3.8) is 0 Å². The van der Waals surface area contributed by atoms with E-state index >= 15 is 0 Å². The zero-order valence-electron chi connectivity index (χ0n) is 26.1. The van der Waals surface area contributed by atoms with Gasteiger partial charge in [0.2, 0.25) is 12.4 Å². The van der Waals surface area contributed by atoms with Crippen LogP contribution in [0.15, 0.2) is 60.7 Å². The second-order valence-electron chi connectivity index (χ2n) is 10.3. The number of nitrogens with zero attached hydrogens (tertiary/aromatic N) is 2. The summed E-state index contributed by atoms with van der Waals surface area (Å²) in [5, 5.41) is 16.6. The molecule has 240 valence electrons. The fourth-order valence-corrected chi connectivity index (χ4v) is 5.76. The molecule has 13 heteroatoms. The lowest BCUT2D eigenvalue weighted by molar-refractivity contribution is -0.595. The van der Waals surface area contributed by atoms with E-state index in [1.807, 2.05) is 32.0 Å². The van der Waals surface area contributed by atoms with Gasteiger partial charge >= 0.3 is 7.82 Å². The third-order valence-electron chi connectivity index (χ3n) is 7.60. The number of ether oxygens (including phenoxy) is 1. The van der Waals surface area contributed by atoms with Gasteiger partial charge in [-0.05, 0) is 60.9 Å². The number of rotatable bonds is 12. The highest BCUT2D eigenvalue weighted by Gasteiger charge is 2.34. The fourth-order valence-electron chi connectivity index (χ4n) is 5.15. The number of phosphoric ester groups is 1. The number of methoxy groups -OCH3 is 1. The van der Waals surface area contributed by atoms with Gasteiger partial charge in [-0.3, -0.25) is 13.8 Å². The zero-order valence-corrected chi connectivity index (χ0v) is 27.0. The van der Waals surface area contributed by atoms with Crippen molar-refractivity contribution in [3.05, 3.63) is 93.9 Å². The summed E-state index contributed by atoms with van der Waals surface area (Å²) in [6, 6.07) is 16.3.